The molecule has 2 N–H and O–H groups in total. The number of aromatic amines is 1. The molecule has 1 fully saturated rings. The van der Waals surface area contributed by atoms with Crippen LogP contribution in [0.25, 0.3) is 0 Å². The molecule has 2 atom stereocenters. The molecule has 1 saturated carbocycles. The van der Waals surface area contributed by atoms with E-state index in [4.69, 9.17) is 14.6 Å². The minimum Gasteiger partial charge on any atom is -0.381 e. The predicted molar refractivity (Wildman–Crippen MR) is 115 cm³/mol. The Bertz CT molecular complexity index is 540. The molecule has 2 rings (SSSR count). The molecule has 0 aromatic carbocycles. The fraction of sp³-hybridized carbons (Fsp3) is 0.864. The summed E-state index contributed by atoms with van der Waals surface area (Å²) in [4.78, 5) is 2.35. The lowest BCUT2D eigenvalue weighted by Crippen LogP contribution is -2.43. The molecule has 0 saturated heterocycles. The number of nitrogens with one attached hydrogen (secondary N) is 2. The summed E-state index contributed by atoms with van der Waals surface area (Å²) in [5.41, 5.74) is 2.78. The Morgan fingerprint density at radius 2 is 1.79 bits per heavy atom. The molecular formula is C22H42N4O2. The summed E-state index contributed by atoms with van der Waals surface area (Å²) in [6.45, 7) is 15.1. The van der Waals surface area contributed by atoms with Gasteiger partial charge in [-0.15, -0.1) is 0 Å². The largest absolute Gasteiger partial charge is 0.381 e. The van der Waals surface area contributed by atoms with Crippen molar-refractivity contribution in [1.82, 2.24) is 20.4 Å². The van der Waals surface area contributed by atoms with Crippen LogP contribution in [0.3, 0.4) is 0 Å². The number of rotatable bonds is 12. The first-order chi connectivity index (χ1) is 13.4. The van der Waals surface area contributed by atoms with Crippen molar-refractivity contribution in [3.05, 3.63) is 17.5 Å². The van der Waals surface area contributed by atoms with Gasteiger partial charge in [-0.1, -0.05) is 13.8 Å². The lowest BCUT2D eigenvalue weighted by molar-refractivity contribution is -0.0474. The third-order valence-corrected chi connectivity index (χ3v) is 6.61. The van der Waals surface area contributed by atoms with E-state index in [2.05, 4.69) is 56.3 Å². The monoisotopic (exact) mass is 394 g/mol. The van der Waals surface area contributed by atoms with Crippen LogP contribution in [-0.2, 0) is 16.0 Å². The average molecular weight is 395 g/mol. The highest BCUT2D eigenvalue weighted by Gasteiger charge is 2.45. The van der Waals surface area contributed by atoms with E-state index in [1.54, 1.807) is 0 Å². The summed E-state index contributed by atoms with van der Waals surface area (Å²) in [7, 11) is 4.17. The lowest BCUT2D eigenvalue weighted by Gasteiger charge is -2.48. The summed E-state index contributed by atoms with van der Waals surface area (Å²) in [6.07, 6.45) is 4.35. The second-order valence-electron chi connectivity index (χ2n) is 8.84. The summed E-state index contributed by atoms with van der Waals surface area (Å²) in [6, 6.07) is 0. The Balaban J connectivity index is 2.16. The van der Waals surface area contributed by atoms with Crippen molar-refractivity contribution in [2.75, 3.05) is 53.6 Å². The maximum atomic E-state index is 5.88. The molecule has 2 unspecified atom stereocenters. The molecule has 0 amide bonds. The van der Waals surface area contributed by atoms with Crippen LogP contribution >= 0.6 is 0 Å². The van der Waals surface area contributed by atoms with Gasteiger partial charge in [0.1, 0.15) is 0 Å². The van der Waals surface area contributed by atoms with Crippen LogP contribution in [0.2, 0.25) is 0 Å². The van der Waals surface area contributed by atoms with E-state index in [0.717, 1.165) is 58.9 Å². The normalized spacial score (nSPS) is 24.8. The molecule has 0 bridgehead atoms. The van der Waals surface area contributed by atoms with Gasteiger partial charge in [-0.3, -0.25) is 5.10 Å². The van der Waals surface area contributed by atoms with Crippen molar-refractivity contribution in [2.24, 2.45) is 17.3 Å². The topological polar surface area (TPSA) is 62.4 Å². The third kappa shape index (κ3) is 6.02. The molecule has 1 aliphatic rings. The zero-order valence-corrected chi connectivity index (χ0v) is 18.9. The van der Waals surface area contributed by atoms with E-state index < -0.39 is 0 Å². The summed E-state index contributed by atoms with van der Waals surface area (Å²) < 4.78 is 11.8. The average Bonchev–Trinajstić information content (AvgIpc) is 3.12. The second kappa shape index (κ2) is 11.3. The molecule has 0 spiro atoms. The van der Waals surface area contributed by atoms with Crippen molar-refractivity contribution in [1.29, 1.82) is 0 Å². The zero-order valence-electron chi connectivity index (χ0n) is 18.9. The Morgan fingerprint density at radius 3 is 2.32 bits per heavy atom. The third-order valence-electron chi connectivity index (χ3n) is 6.61. The molecule has 28 heavy (non-hydrogen) atoms. The Morgan fingerprint density at radius 1 is 1.18 bits per heavy atom. The highest BCUT2D eigenvalue weighted by molar-refractivity contribution is 5.22. The molecule has 0 aliphatic heterocycles. The number of hydrogen-bond acceptors (Lipinski definition) is 5. The van der Waals surface area contributed by atoms with Crippen LogP contribution < -0.4 is 5.32 Å². The quantitative estimate of drug-likeness (QED) is 0.570. The van der Waals surface area contributed by atoms with Crippen LogP contribution in [-0.4, -0.2) is 68.7 Å². The predicted octanol–water partition coefficient (Wildman–Crippen LogP) is 3.27. The number of aromatic nitrogens is 2. The molecule has 1 aromatic rings. The molecule has 1 aromatic heterocycles. The molecule has 6 heteroatoms. The zero-order chi connectivity index (χ0) is 20.6. The smallest absolute Gasteiger partial charge is 0.0698 e. The number of ether oxygens (including phenoxy) is 2. The molecule has 162 valence electrons. The summed E-state index contributed by atoms with van der Waals surface area (Å²) in [5, 5.41) is 11.1. The van der Waals surface area contributed by atoms with Gasteiger partial charge in [-0.2, -0.15) is 5.10 Å². The van der Waals surface area contributed by atoms with E-state index >= 15 is 0 Å². The van der Waals surface area contributed by atoms with Gasteiger partial charge in [-0.05, 0) is 58.0 Å². The Kier molecular flexibility index (Phi) is 9.41. The highest BCUT2D eigenvalue weighted by Crippen LogP contribution is 2.50. The number of nitrogens with zero attached hydrogens (tertiary/aromatic N) is 2. The minimum atomic E-state index is 0.209. The molecule has 1 heterocycles. The number of likely N-dealkylation sites (N-methyl/N-ethyl adjacent to an activating group) is 2. The van der Waals surface area contributed by atoms with Crippen molar-refractivity contribution < 1.29 is 9.47 Å². The van der Waals surface area contributed by atoms with Gasteiger partial charge in [0.15, 0.2) is 0 Å². The SMILES string of the molecule is CCOCC1CC(c2n[nH]cc2CN(C)CCNC)CC(COCC)C1(C)C. The van der Waals surface area contributed by atoms with Gasteiger partial charge >= 0.3 is 0 Å². The maximum absolute atomic E-state index is 5.88. The number of hydrogen-bond donors (Lipinski definition) is 2. The highest BCUT2D eigenvalue weighted by atomic mass is 16.5. The second-order valence-corrected chi connectivity index (χ2v) is 8.84. The van der Waals surface area contributed by atoms with Crippen LogP contribution in [0.4, 0.5) is 0 Å². The first-order valence-electron chi connectivity index (χ1n) is 10.9. The van der Waals surface area contributed by atoms with E-state index in [0.29, 0.717) is 17.8 Å². The van der Waals surface area contributed by atoms with E-state index in [1.807, 2.05) is 7.05 Å². The van der Waals surface area contributed by atoms with Crippen LogP contribution in [0.15, 0.2) is 6.20 Å². The van der Waals surface area contributed by atoms with Gasteiger partial charge in [0, 0.05) is 63.7 Å². The van der Waals surface area contributed by atoms with Gasteiger partial charge < -0.3 is 19.7 Å². The van der Waals surface area contributed by atoms with Crippen molar-refractivity contribution in [3.8, 4) is 0 Å². The molecule has 0 radical (unpaired) electrons. The van der Waals surface area contributed by atoms with E-state index in [1.165, 1.54) is 11.3 Å². The Hall–Kier alpha value is -0.950. The summed E-state index contributed by atoms with van der Waals surface area (Å²) >= 11 is 0. The fourth-order valence-electron chi connectivity index (χ4n) is 4.51. The Labute approximate surface area is 171 Å². The van der Waals surface area contributed by atoms with Crippen molar-refractivity contribution in [3.63, 3.8) is 0 Å². The number of H-pyrrole nitrogens is 1. The first kappa shape index (κ1) is 23.3. The van der Waals surface area contributed by atoms with Gasteiger partial charge in [0.2, 0.25) is 0 Å². The van der Waals surface area contributed by atoms with Crippen molar-refractivity contribution in [2.45, 2.75) is 53.0 Å². The van der Waals surface area contributed by atoms with Gasteiger partial charge in [0.05, 0.1) is 5.69 Å². The van der Waals surface area contributed by atoms with Crippen LogP contribution in [0, 0.1) is 17.3 Å². The minimum absolute atomic E-state index is 0.209. The van der Waals surface area contributed by atoms with Gasteiger partial charge in [0.25, 0.3) is 0 Å². The van der Waals surface area contributed by atoms with Crippen LogP contribution in [0.1, 0.15) is 57.7 Å². The van der Waals surface area contributed by atoms with Crippen LogP contribution in [0.5, 0.6) is 0 Å². The maximum Gasteiger partial charge on any atom is 0.0698 e. The van der Waals surface area contributed by atoms with E-state index in [-0.39, 0.29) is 5.41 Å². The molecular weight excluding hydrogens is 352 g/mol. The molecule has 1 aliphatic carbocycles. The summed E-state index contributed by atoms with van der Waals surface area (Å²) in [5.74, 6) is 1.49. The van der Waals surface area contributed by atoms with Gasteiger partial charge in [-0.25, -0.2) is 0 Å². The molecule has 6 nitrogen and oxygen atoms in total. The fourth-order valence-corrected chi connectivity index (χ4v) is 4.51. The van der Waals surface area contributed by atoms with E-state index in [9.17, 15) is 0 Å². The lowest BCUT2D eigenvalue weighted by atomic mass is 9.59. The first-order valence-corrected chi connectivity index (χ1v) is 10.9. The standard InChI is InChI=1S/C22H42N4O2/c1-7-27-15-19-11-17(12-20(16-28-8-2)22(19,3)4)21-18(13-24-25-21)14-26(6)10-9-23-5/h13,17,19-20,23H,7-12,14-16H2,1-6H3,(H,24,25). The van der Waals surface area contributed by atoms with Crippen molar-refractivity contribution >= 4 is 0 Å².